The van der Waals surface area contributed by atoms with Crippen LogP contribution in [0.5, 0.6) is 5.75 Å². The van der Waals surface area contributed by atoms with Crippen LogP contribution in [0.2, 0.25) is 0 Å². The number of nitrogens with zero attached hydrogens (tertiary/aromatic N) is 1. The van der Waals surface area contributed by atoms with E-state index in [-0.39, 0.29) is 18.0 Å². The summed E-state index contributed by atoms with van der Waals surface area (Å²) in [6.45, 7) is 6.60. The van der Waals surface area contributed by atoms with E-state index in [1.165, 1.54) is 5.56 Å². The number of carbonyl (C=O) groups is 1. The largest absolute Gasteiger partial charge is 0.493 e. The van der Waals surface area contributed by atoms with Crippen LogP contribution in [-0.4, -0.2) is 29.8 Å². The van der Waals surface area contributed by atoms with E-state index >= 15 is 0 Å². The SMILES string of the molecule is Cc1cc(NC(=O)C[C@H](C)N[C@@H](C)[C@@H]2COc3ccccc32)no1. The molecule has 1 aromatic heterocycles. The first kappa shape index (κ1) is 16.5. The molecule has 0 bridgehead atoms. The third kappa shape index (κ3) is 3.76. The normalized spacial score (nSPS) is 18.5. The van der Waals surface area contributed by atoms with E-state index in [9.17, 15) is 4.79 Å². The van der Waals surface area contributed by atoms with Gasteiger partial charge in [0.2, 0.25) is 5.91 Å². The Morgan fingerprint density at radius 3 is 2.92 bits per heavy atom. The van der Waals surface area contributed by atoms with Gasteiger partial charge in [0.15, 0.2) is 5.82 Å². The van der Waals surface area contributed by atoms with Crippen molar-refractivity contribution in [2.75, 3.05) is 11.9 Å². The van der Waals surface area contributed by atoms with E-state index in [0.717, 1.165) is 5.75 Å². The summed E-state index contributed by atoms with van der Waals surface area (Å²) in [5.41, 5.74) is 1.23. The fourth-order valence-electron chi connectivity index (χ4n) is 3.12. The lowest BCUT2D eigenvalue weighted by Gasteiger charge is -2.24. The summed E-state index contributed by atoms with van der Waals surface area (Å²) in [5, 5.41) is 10.0. The smallest absolute Gasteiger partial charge is 0.227 e. The van der Waals surface area contributed by atoms with E-state index in [1.54, 1.807) is 13.0 Å². The third-order valence-corrected chi connectivity index (χ3v) is 4.27. The molecule has 3 rings (SSSR count). The molecule has 0 unspecified atom stereocenters. The molecular formula is C18H23N3O3. The first-order chi connectivity index (χ1) is 11.5. The number of fused-ring (bicyclic) bond motifs is 1. The number of aromatic nitrogens is 1. The highest BCUT2D eigenvalue weighted by Gasteiger charge is 2.29. The quantitative estimate of drug-likeness (QED) is 0.852. The predicted molar refractivity (Wildman–Crippen MR) is 91.2 cm³/mol. The fraction of sp³-hybridized carbons (Fsp3) is 0.444. The lowest BCUT2D eigenvalue weighted by molar-refractivity contribution is -0.116. The van der Waals surface area contributed by atoms with E-state index in [4.69, 9.17) is 9.26 Å². The van der Waals surface area contributed by atoms with Crippen LogP contribution in [-0.2, 0) is 4.79 Å². The van der Waals surface area contributed by atoms with Crippen LogP contribution >= 0.6 is 0 Å². The molecule has 0 aliphatic carbocycles. The topological polar surface area (TPSA) is 76.4 Å². The number of aryl methyl sites for hydroxylation is 1. The molecule has 2 heterocycles. The maximum Gasteiger partial charge on any atom is 0.227 e. The summed E-state index contributed by atoms with van der Waals surface area (Å²) >= 11 is 0. The summed E-state index contributed by atoms with van der Waals surface area (Å²) in [7, 11) is 0. The molecule has 24 heavy (non-hydrogen) atoms. The molecule has 128 valence electrons. The number of hydrogen-bond donors (Lipinski definition) is 2. The van der Waals surface area contributed by atoms with Crippen LogP contribution in [0.15, 0.2) is 34.9 Å². The molecule has 1 aromatic carbocycles. The number of amides is 1. The van der Waals surface area contributed by atoms with E-state index in [1.807, 2.05) is 25.1 Å². The van der Waals surface area contributed by atoms with Gasteiger partial charge in [-0.1, -0.05) is 23.4 Å². The highest BCUT2D eigenvalue weighted by Crippen LogP contribution is 2.35. The minimum Gasteiger partial charge on any atom is -0.493 e. The summed E-state index contributed by atoms with van der Waals surface area (Å²) in [6, 6.07) is 10.1. The van der Waals surface area contributed by atoms with Crippen molar-refractivity contribution in [2.24, 2.45) is 0 Å². The Hall–Kier alpha value is -2.34. The van der Waals surface area contributed by atoms with Crippen molar-refractivity contribution in [3.05, 3.63) is 41.7 Å². The van der Waals surface area contributed by atoms with Crippen molar-refractivity contribution in [3.63, 3.8) is 0 Å². The maximum atomic E-state index is 12.1. The number of para-hydroxylation sites is 1. The zero-order valence-corrected chi connectivity index (χ0v) is 14.2. The molecule has 0 fully saturated rings. The fourth-order valence-corrected chi connectivity index (χ4v) is 3.12. The lowest BCUT2D eigenvalue weighted by Crippen LogP contribution is -2.40. The van der Waals surface area contributed by atoms with Crippen LogP contribution in [0.25, 0.3) is 0 Å². The van der Waals surface area contributed by atoms with Gasteiger partial charge in [-0.15, -0.1) is 0 Å². The van der Waals surface area contributed by atoms with Crippen LogP contribution in [0.1, 0.15) is 37.5 Å². The van der Waals surface area contributed by atoms with Gasteiger partial charge in [-0.05, 0) is 26.8 Å². The molecule has 2 N–H and O–H groups in total. The monoisotopic (exact) mass is 329 g/mol. The Balaban J connectivity index is 1.51. The Kier molecular flexibility index (Phi) is 4.85. The Morgan fingerprint density at radius 1 is 1.38 bits per heavy atom. The molecule has 1 amide bonds. The van der Waals surface area contributed by atoms with Gasteiger partial charge in [-0.3, -0.25) is 4.79 Å². The highest BCUT2D eigenvalue weighted by atomic mass is 16.5. The van der Waals surface area contributed by atoms with E-state index < -0.39 is 0 Å². The number of ether oxygens (including phenoxy) is 1. The van der Waals surface area contributed by atoms with Crippen molar-refractivity contribution >= 4 is 11.7 Å². The van der Waals surface area contributed by atoms with Crippen molar-refractivity contribution in [2.45, 2.75) is 45.2 Å². The maximum absolute atomic E-state index is 12.1. The summed E-state index contributed by atoms with van der Waals surface area (Å²) in [6.07, 6.45) is 0.367. The summed E-state index contributed by atoms with van der Waals surface area (Å²) < 4.78 is 10.7. The van der Waals surface area contributed by atoms with Crippen LogP contribution in [0.3, 0.4) is 0 Å². The van der Waals surface area contributed by atoms with Gasteiger partial charge in [0, 0.05) is 36.1 Å². The second kappa shape index (κ2) is 7.05. The molecule has 3 atom stereocenters. The number of nitrogens with one attached hydrogen (secondary N) is 2. The number of anilines is 1. The lowest BCUT2D eigenvalue weighted by atomic mass is 9.94. The van der Waals surface area contributed by atoms with Gasteiger partial charge in [0.25, 0.3) is 0 Å². The molecular weight excluding hydrogens is 306 g/mol. The molecule has 1 aliphatic heterocycles. The first-order valence-electron chi connectivity index (χ1n) is 8.24. The van der Waals surface area contributed by atoms with Crippen molar-refractivity contribution in [3.8, 4) is 5.75 Å². The zero-order valence-electron chi connectivity index (χ0n) is 14.2. The molecule has 0 spiro atoms. The molecule has 0 saturated heterocycles. The van der Waals surface area contributed by atoms with E-state index in [2.05, 4.69) is 28.8 Å². The zero-order chi connectivity index (χ0) is 17.1. The van der Waals surface area contributed by atoms with Gasteiger partial charge in [0.05, 0.1) is 6.61 Å². The Morgan fingerprint density at radius 2 is 2.17 bits per heavy atom. The second-order valence-corrected chi connectivity index (χ2v) is 6.39. The van der Waals surface area contributed by atoms with E-state index in [0.29, 0.717) is 30.5 Å². The standard InChI is InChI=1S/C18H23N3O3/c1-11(8-18(22)20-17-9-12(2)24-21-17)19-13(3)15-10-23-16-7-5-4-6-14(15)16/h4-7,9,11,13,15,19H,8,10H2,1-3H3,(H,20,21,22)/t11-,13-,15-/m0/s1. The number of carbonyl (C=O) groups excluding carboxylic acids is 1. The van der Waals surface area contributed by atoms with Crippen molar-refractivity contribution in [1.29, 1.82) is 0 Å². The first-order valence-corrected chi connectivity index (χ1v) is 8.24. The average Bonchev–Trinajstić information content (AvgIpc) is 3.13. The van der Waals surface area contributed by atoms with Gasteiger partial charge in [0.1, 0.15) is 11.5 Å². The number of benzene rings is 1. The number of rotatable bonds is 6. The van der Waals surface area contributed by atoms with Gasteiger partial charge >= 0.3 is 0 Å². The Bertz CT molecular complexity index is 713. The predicted octanol–water partition coefficient (Wildman–Crippen LogP) is 2.85. The summed E-state index contributed by atoms with van der Waals surface area (Å²) in [5.74, 6) is 2.30. The summed E-state index contributed by atoms with van der Waals surface area (Å²) in [4.78, 5) is 12.1. The van der Waals surface area contributed by atoms with Gasteiger partial charge < -0.3 is 19.9 Å². The molecule has 6 nitrogen and oxygen atoms in total. The van der Waals surface area contributed by atoms with Crippen LogP contribution in [0, 0.1) is 6.92 Å². The van der Waals surface area contributed by atoms with Crippen molar-refractivity contribution < 1.29 is 14.1 Å². The van der Waals surface area contributed by atoms with Gasteiger partial charge in [-0.2, -0.15) is 0 Å². The molecule has 1 aliphatic rings. The molecule has 2 aromatic rings. The minimum absolute atomic E-state index is 0.0424. The molecule has 6 heteroatoms. The van der Waals surface area contributed by atoms with Crippen LogP contribution < -0.4 is 15.4 Å². The highest BCUT2D eigenvalue weighted by molar-refractivity contribution is 5.90. The van der Waals surface area contributed by atoms with Gasteiger partial charge in [-0.25, -0.2) is 0 Å². The average molecular weight is 329 g/mol. The second-order valence-electron chi connectivity index (χ2n) is 6.39. The molecule has 0 saturated carbocycles. The van der Waals surface area contributed by atoms with Crippen LogP contribution in [0.4, 0.5) is 5.82 Å². The minimum atomic E-state index is -0.0847. The third-order valence-electron chi connectivity index (χ3n) is 4.27. The number of hydrogen-bond acceptors (Lipinski definition) is 5. The molecule has 0 radical (unpaired) electrons. The Labute approximate surface area is 141 Å². The van der Waals surface area contributed by atoms with Crippen molar-refractivity contribution in [1.82, 2.24) is 10.5 Å².